The Labute approximate surface area is 71.5 Å². The molecule has 1 N–H and O–H groups in total. The number of aldehydes is 1. The fraction of sp³-hybridized carbons (Fsp3) is 0.875. The fourth-order valence-electron chi connectivity index (χ4n) is 1.09. The highest BCUT2D eigenvalue weighted by molar-refractivity contribution is 5.53. The predicted molar refractivity (Wildman–Crippen MR) is 41.6 cm³/mol. The summed E-state index contributed by atoms with van der Waals surface area (Å²) in [6.07, 6.45) is 0.669. The summed E-state index contributed by atoms with van der Waals surface area (Å²) < 4.78 is 10.1. The normalized spacial score (nSPS) is 36.3. The highest BCUT2D eigenvalue weighted by atomic mass is 16.7. The van der Waals surface area contributed by atoms with Crippen LogP contribution in [0.15, 0.2) is 0 Å². The van der Waals surface area contributed by atoms with Crippen molar-refractivity contribution in [3.8, 4) is 0 Å². The van der Waals surface area contributed by atoms with E-state index in [4.69, 9.17) is 14.6 Å². The van der Waals surface area contributed by atoms with Crippen LogP contribution in [-0.2, 0) is 14.3 Å². The molecule has 1 aliphatic heterocycles. The van der Waals surface area contributed by atoms with Crippen molar-refractivity contribution >= 4 is 6.29 Å². The highest BCUT2D eigenvalue weighted by Gasteiger charge is 2.34. The van der Waals surface area contributed by atoms with Crippen molar-refractivity contribution in [2.45, 2.75) is 19.6 Å². The van der Waals surface area contributed by atoms with Crippen LogP contribution in [0.2, 0.25) is 0 Å². The van der Waals surface area contributed by atoms with Gasteiger partial charge in [-0.15, -0.1) is 0 Å². The predicted octanol–water partition coefficient (Wildman–Crippen LogP) is -0.0531. The Balaban J connectivity index is 2.47. The Kier molecular flexibility index (Phi) is 3.20. The third-order valence-corrected chi connectivity index (χ3v) is 2.30. The molecule has 0 amide bonds. The summed E-state index contributed by atoms with van der Waals surface area (Å²) >= 11 is 0. The van der Waals surface area contributed by atoms with Crippen LogP contribution in [0.1, 0.15) is 13.3 Å². The van der Waals surface area contributed by atoms with Crippen LogP contribution in [0.5, 0.6) is 0 Å². The van der Waals surface area contributed by atoms with Gasteiger partial charge in [-0.2, -0.15) is 0 Å². The van der Waals surface area contributed by atoms with Crippen molar-refractivity contribution in [1.29, 1.82) is 0 Å². The van der Waals surface area contributed by atoms with Crippen LogP contribution < -0.4 is 0 Å². The van der Waals surface area contributed by atoms with Crippen molar-refractivity contribution in [3.63, 3.8) is 0 Å². The number of hydrogen-bond donors (Lipinski definition) is 1. The van der Waals surface area contributed by atoms with E-state index in [-0.39, 0.29) is 12.0 Å². The molecule has 0 aromatic heterocycles. The first-order chi connectivity index (χ1) is 5.76. The van der Waals surface area contributed by atoms with Crippen LogP contribution in [0.25, 0.3) is 0 Å². The van der Waals surface area contributed by atoms with Crippen molar-refractivity contribution in [2.75, 3.05) is 19.8 Å². The van der Waals surface area contributed by atoms with Crippen molar-refractivity contribution in [2.24, 2.45) is 5.41 Å². The molecule has 0 atom stereocenters. The topological polar surface area (TPSA) is 55.8 Å². The van der Waals surface area contributed by atoms with Gasteiger partial charge in [-0.3, -0.25) is 4.79 Å². The molecule has 0 radical (unpaired) electrons. The average molecular weight is 174 g/mol. The van der Waals surface area contributed by atoms with Gasteiger partial charge in [0.2, 0.25) is 6.29 Å². The van der Waals surface area contributed by atoms with E-state index >= 15 is 0 Å². The molecule has 4 heteroatoms. The number of carbonyl (C=O) groups excluding carboxylic acids is 1. The first-order valence-electron chi connectivity index (χ1n) is 4.06. The van der Waals surface area contributed by atoms with Gasteiger partial charge in [0.1, 0.15) is 0 Å². The zero-order valence-corrected chi connectivity index (χ0v) is 7.16. The van der Waals surface area contributed by atoms with Gasteiger partial charge in [0.05, 0.1) is 19.8 Å². The van der Waals surface area contributed by atoms with E-state index in [2.05, 4.69) is 0 Å². The van der Waals surface area contributed by atoms with Gasteiger partial charge >= 0.3 is 0 Å². The molecular formula is C8H14O4. The van der Waals surface area contributed by atoms with Crippen LogP contribution in [-0.4, -0.2) is 37.5 Å². The Morgan fingerprint density at radius 3 is 2.50 bits per heavy atom. The molecule has 1 saturated heterocycles. The fourth-order valence-corrected chi connectivity index (χ4v) is 1.09. The first kappa shape index (κ1) is 9.64. The molecule has 0 spiro atoms. The maximum absolute atomic E-state index is 10.2. The Bertz CT molecular complexity index is 143. The Morgan fingerprint density at radius 1 is 1.58 bits per heavy atom. The molecule has 1 rings (SSSR count). The monoisotopic (exact) mass is 174 g/mol. The van der Waals surface area contributed by atoms with Gasteiger partial charge in [-0.25, -0.2) is 0 Å². The number of ether oxygens (including phenoxy) is 2. The second-order valence-corrected chi connectivity index (χ2v) is 3.14. The summed E-state index contributed by atoms with van der Waals surface area (Å²) in [4.78, 5) is 10.2. The van der Waals surface area contributed by atoms with Crippen molar-refractivity contribution in [1.82, 2.24) is 0 Å². The van der Waals surface area contributed by atoms with E-state index in [1.165, 1.54) is 0 Å². The van der Waals surface area contributed by atoms with Crippen LogP contribution in [0.4, 0.5) is 0 Å². The first-order valence-corrected chi connectivity index (χ1v) is 4.06. The van der Waals surface area contributed by atoms with Crippen molar-refractivity contribution in [3.05, 3.63) is 0 Å². The molecule has 0 aromatic carbocycles. The van der Waals surface area contributed by atoms with E-state index in [0.29, 0.717) is 19.5 Å². The lowest BCUT2D eigenvalue weighted by Gasteiger charge is -2.36. The zero-order chi connectivity index (χ0) is 9.03. The highest BCUT2D eigenvalue weighted by Crippen LogP contribution is 2.26. The lowest BCUT2D eigenvalue weighted by molar-refractivity contribution is -0.224. The summed E-state index contributed by atoms with van der Waals surface area (Å²) in [7, 11) is 0. The molecule has 0 unspecified atom stereocenters. The molecule has 0 aliphatic carbocycles. The summed E-state index contributed by atoms with van der Waals surface area (Å²) in [5.41, 5.74) is -0.306. The minimum atomic E-state index is -0.740. The Hall–Kier alpha value is -0.450. The standard InChI is InChI=1S/C8H14O4/c1-2-8(4-10)5-11-7(3-9)12-6-8/h3,7,10H,2,4-6H2,1H3. The van der Waals surface area contributed by atoms with E-state index in [9.17, 15) is 4.79 Å². The molecule has 0 saturated carbocycles. The van der Waals surface area contributed by atoms with Gasteiger partial charge in [-0.1, -0.05) is 6.92 Å². The third-order valence-electron chi connectivity index (χ3n) is 2.30. The summed E-state index contributed by atoms with van der Waals surface area (Å²) in [6, 6.07) is 0. The second-order valence-electron chi connectivity index (χ2n) is 3.14. The number of aliphatic hydroxyl groups excluding tert-OH is 1. The molecule has 12 heavy (non-hydrogen) atoms. The quantitative estimate of drug-likeness (QED) is 0.609. The van der Waals surface area contributed by atoms with Crippen LogP contribution in [0.3, 0.4) is 0 Å². The van der Waals surface area contributed by atoms with E-state index in [1.807, 2.05) is 6.92 Å². The largest absolute Gasteiger partial charge is 0.396 e. The smallest absolute Gasteiger partial charge is 0.214 e. The molecule has 1 heterocycles. The van der Waals surface area contributed by atoms with E-state index in [1.54, 1.807) is 0 Å². The number of rotatable bonds is 3. The summed E-state index contributed by atoms with van der Waals surface area (Å²) in [6.45, 7) is 2.78. The SMILES string of the molecule is CCC1(CO)COC(C=O)OC1. The molecule has 0 bridgehead atoms. The third kappa shape index (κ3) is 1.83. The van der Waals surface area contributed by atoms with Gasteiger partial charge in [0, 0.05) is 5.41 Å². The summed E-state index contributed by atoms with van der Waals surface area (Å²) in [5, 5.41) is 9.05. The number of carbonyl (C=O) groups is 1. The molecule has 4 nitrogen and oxygen atoms in total. The lowest BCUT2D eigenvalue weighted by Crippen LogP contribution is -2.44. The van der Waals surface area contributed by atoms with Crippen LogP contribution >= 0.6 is 0 Å². The molecule has 0 aromatic rings. The minimum Gasteiger partial charge on any atom is -0.396 e. The molecule has 70 valence electrons. The van der Waals surface area contributed by atoms with Crippen molar-refractivity contribution < 1.29 is 19.4 Å². The van der Waals surface area contributed by atoms with E-state index in [0.717, 1.165) is 6.42 Å². The van der Waals surface area contributed by atoms with Gasteiger partial charge in [-0.05, 0) is 6.42 Å². The number of aliphatic hydroxyl groups is 1. The Morgan fingerprint density at radius 2 is 2.17 bits per heavy atom. The molecular weight excluding hydrogens is 160 g/mol. The maximum atomic E-state index is 10.2. The molecule has 1 fully saturated rings. The van der Waals surface area contributed by atoms with Gasteiger partial charge in [0.15, 0.2) is 6.29 Å². The van der Waals surface area contributed by atoms with Gasteiger partial charge < -0.3 is 14.6 Å². The maximum Gasteiger partial charge on any atom is 0.214 e. The van der Waals surface area contributed by atoms with Crippen LogP contribution in [0, 0.1) is 5.41 Å². The lowest BCUT2D eigenvalue weighted by atomic mass is 9.87. The summed E-state index contributed by atoms with van der Waals surface area (Å²) in [5.74, 6) is 0. The molecule has 1 aliphatic rings. The zero-order valence-electron chi connectivity index (χ0n) is 7.16. The second kappa shape index (κ2) is 3.98. The van der Waals surface area contributed by atoms with E-state index < -0.39 is 6.29 Å². The minimum absolute atomic E-state index is 0.0368. The van der Waals surface area contributed by atoms with Gasteiger partial charge in [0.25, 0.3) is 0 Å². The number of hydrogen-bond acceptors (Lipinski definition) is 4. The average Bonchev–Trinajstić information content (AvgIpc) is 2.18.